The fraction of sp³-hybridized carbons (Fsp3) is 0.286. The third-order valence-corrected chi connectivity index (χ3v) is 4.44. The molecule has 3 heteroatoms. The van der Waals surface area contributed by atoms with Crippen molar-refractivity contribution in [3.63, 3.8) is 0 Å². The van der Waals surface area contributed by atoms with Crippen molar-refractivity contribution in [2.24, 2.45) is 0 Å². The molecule has 2 aromatic rings. The molecule has 2 rings (SSSR count). The van der Waals surface area contributed by atoms with Crippen molar-refractivity contribution >= 4 is 27.3 Å². The lowest BCUT2D eigenvalue weighted by Gasteiger charge is -2.18. The highest BCUT2D eigenvalue weighted by Gasteiger charge is 2.16. The Morgan fingerprint density at radius 1 is 1.24 bits per heavy atom. The van der Waals surface area contributed by atoms with Crippen LogP contribution in [0.5, 0.6) is 0 Å². The van der Waals surface area contributed by atoms with Crippen LogP contribution in [0.1, 0.15) is 30.5 Å². The Bertz CT molecular complexity index is 452. The molecule has 0 saturated heterocycles. The van der Waals surface area contributed by atoms with Crippen LogP contribution < -0.4 is 5.32 Å². The van der Waals surface area contributed by atoms with Gasteiger partial charge in [0.15, 0.2) is 0 Å². The van der Waals surface area contributed by atoms with Gasteiger partial charge in [0.2, 0.25) is 0 Å². The maximum Gasteiger partial charge on any atom is 0.0596 e. The van der Waals surface area contributed by atoms with E-state index in [2.05, 4.69) is 69.3 Å². The molecule has 1 unspecified atom stereocenters. The van der Waals surface area contributed by atoms with Crippen LogP contribution in [0.15, 0.2) is 45.6 Å². The standard InChI is InChI=1S/C14H16BrNS/c1-2-8-16-14(11-6-4-3-5-7-11)12-9-17-10-13(12)15/h3-7,9-10,14,16H,2,8H2,1H3. The SMILES string of the molecule is CCCNC(c1ccccc1)c1cscc1Br. The molecule has 0 radical (unpaired) electrons. The van der Waals surface area contributed by atoms with E-state index in [-0.39, 0.29) is 6.04 Å². The molecule has 1 N–H and O–H groups in total. The van der Waals surface area contributed by atoms with Crippen molar-refractivity contribution in [2.75, 3.05) is 6.54 Å². The summed E-state index contributed by atoms with van der Waals surface area (Å²) in [6.45, 7) is 3.22. The first kappa shape index (κ1) is 12.8. The molecule has 1 aromatic carbocycles. The summed E-state index contributed by atoms with van der Waals surface area (Å²) in [5.74, 6) is 0. The molecule has 1 atom stereocenters. The lowest BCUT2D eigenvalue weighted by molar-refractivity contribution is 0.598. The van der Waals surface area contributed by atoms with Gasteiger partial charge in [-0.05, 0) is 45.4 Å². The molecule has 0 aliphatic carbocycles. The first-order valence-corrected chi connectivity index (χ1v) is 7.56. The zero-order valence-corrected chi connectivity index (χ0v) is 12.2. The average Bonchev–Trinajstić information content (AvgIpc) is 2.78. The molecule has 0 aliphatic heterocycles. The van der Waals surface area contributed by atoms with Gasteiger partial charge in [0, 0.05) is 9.85 Å². The van der Waals surface area contributed by atoms with Crippen LogP contribution in [0.2, 0.25) is 0 Å². The number of hydrogen-bond donors (Lipinski definition) is 1. The molecule has 17 heavy (non-hydrogen) atoms. The second-order valence-corrected chi connectivity index (χ2v) is 5.57. The number of rotatable bonds is 5. The zero-order valence-electron chi connectivity index (χ0n) is 9.82. The van der Waals surface area contributed by atoms with Gasteiger partial charge in [-0.2, -0.15) is 11.3 Å². The fourth-order valence-electron chi connectivity index (χ4n) is 1.84. The van der Waals surface area contributed by atoms with E-state index in [4.69, 9.17) is 0 Å². The predicted molar refractivity (Wildman–Crippen MR) is 78.6 cm³/mol. The van der Waals surface area contributed by atoms with Gasteiger partial charge in [0.1, 0.15) is 0 Å². The summed E-state index contributed by atoms with van der Waals surface area (Å²) in [5.41, 5.74) is 2.65. The number of nitrogens with one attached hydrogen (secondary N) is 1. The highest BCUT2D eigenvalue weighted by molar-refractivity contribution is 9.10. The second-order valence-electron chi connectivity index (χ2n) is 3.97. The summed E-state index contributed by atoms with van der Waals surface area (Å²) in [6, 6.07) is 10.9. The summed E-state index contributed by atoms with van der Waals surface area (Å²) in [5, 5.41) is 7.96. The molecule has 1 aromatic heterocycles. The molecule has 1 heterocycles. The lowest BCUT2D eigenvalue weighted by Crippen LogP contribution is -2.22. The molecule has 0 spiro atoms. The van der Waals surface area contributed by atoms with Crippen LogP contribution in [0.3, 0.4) is 0 Å². The van der Waals surface area contributed by atoms with E-state index in [9.17, 15) is 0 Å². The minimum Gasteiger partial charge on any atom is -0.306 e. The van der Waals surface area contributed by atoms with Crippen molar-refractivity contribution in [1.29, 1.82) is 0 Å². The Labute approximate surface area is 115 Å². The van der Waals surface area contributed by atoms with Gasteiger partial charge in [-0.3, -0.25) is 0 Å². The van der Waals surface area contributed by atoms with Gasteiger partial charge in [-0.15, -0.1) is 0 Å². The Morgan fingerprint density at radius 3 is 2.59 bits per heavy atom. The Hall–Kier alpha value is -0.640. The number of hydrogen-bond acceptors (Lipinski definition) is 2. The van der Waals surface area contributed by atoms with Crippen molar-refractivity contribution in [3.8, 4) is 0 Å². The zero-order chi connectivity index (χ0) is 12.1. The highest BCUT2D eigenvalue weighted by atomic mass is 79.9. The van der Waals surface area contributed by atoms with Gasteiger partial charge in [-0.25, -0.2) is 0 Å². The third-order valence-electron chi connectivity index (χ3n) is 2.68. The summed E-state index contributed by atoms with van der Waals surface area (Å²) >= 11 is 5.36. The molecule has 0 fully saturated rings. The topological polar surface area (TPSA) is 12.0 Å². The van der Waals surface area contributed by atoms with Gasteiger partial charge in [0.05, 0.1) is 6.04 Å². The minimum absolute atomic E-state index is 0.289. The molecule has 90 valence electrons. The monoisotopic (exact) mass is 309 g/mol. The number of benzene rings is 1. The molecular weight excluding hydrogens is 294 g/mol. The van der Waals surface area contributed by atoms with E-state index in [0.717, 1.165) is 13.0 Å². The van der Waals surface area contributed by atoms with Crippen LogP contribution >= 0.6 is 27.3 Å². The lowest BCUT2D eigenvalue weighted by atomic mass is 10.0. The summed E-state index contributed by atoms with van der Waals surface area (Å²) < 4.78 is 1.19. The first-order valence-electron chi connectivity index (χ1n) is 5.83. The Balaban J connectivity index is 2.29. The summed E-state index contributed by atoms with van der Waals surface area (Å²) in [6.07, 6.45) is 1.14. The van der Waals surface area contributed by atoms with E-state index in [1.807, 2.05) is 0 Å². The van der Waals surface area contributed by atoms with E-state index >= 15 is 0 Å². The number of thiophene rings is 1. The van der Waals surface area contributed by atoms with Crippen molar-refractivity contribution < 1.29 is 0 Å². The molecule has 0 aliphatic rings. The van der Waals surface area contributed by atoms with Gasteiger partial charge < -0.3 is 5.32 Å². The molecule has 1 nitrogen and oxygen atoms in total. The highest BCUT2D eigenvalue weighted by Crippen LogP contribution is 2.31. The maximum absolute atomic E-state index is 3.63. The van der Waals surface area contributed by atoms with Gasteiger partial charge in [0.25, 0.3) is 0 Å². The van der Waals surface area contributed by atoms with E-state index in [0.29, 0.717) is 0 Å². The van der Waals surface area contributed by atoms with Crippen molar-refractivity contribution in [2.45, 2.75) is 19.4 Å². The van der Waals surface area contributed by atoms with Gasteiger partial charge >= 0.3 is 0 Å². The van der Waals surface area contributed by atoms with E-state index in [1.54, 1.807) is 11.3 Å². The quantitative estimate of drug-likeness (QED) is 0.851. The van der Waals surface area contributed by atoms with E-state index < -0.39 is 0 Å². The third kappa shape index (κ3) is 3.18. The molecule has 0 saturated carbocycles. The maximum atomic E-state index is 3.63. The molecular formula is C14H16BrNS. The second kappa shape index (κ2) is 6.34. The Kier molecular flexibility index (Phi) is 4.77. The van der Waals surface area contributed by atoms with Crippen LogP contribution in [0.4, 0.5) is 0 Å². The van der Waals surface area contributed by atoms with Crippen molar-refractivity contribution in [3.05, 3.63) is 56.7 Å². The van der Waals surface area contributed by atoms with Crippen molar-refractivity contribution in [1.82, 2.24) is 5.32 Å². The van der Waals surface area contributed by atoms with Crippen LogP contribution in [0, 0.1) is 0 Å². The fourth-order valence-corrected chi connectivity index (χ4v) is 3.39. The normalized spacial score (nSPS) is 12.6. The summed E-state index contributed by atoms with van der Waals surface area (Å²) in [7, 11) is 0. The largest absolute Gasteiger partial charge is 0.306 e. The molecule has 0 bridgehead atoms. The first-order chi connectivity index (χ1) is 8.33. The predicted octanol–water partition coefficient (Wildman–Crippen LogP) is 4.60. The van der Waals surface area contributed by atoms with E-state index in [1.165, 1.54) is 15.6 Å². The van der Waals surface area contributed by atoms with Gasteiger partial charge in [-0.1, -0.05) is 37.3 Å². The minimum atomic E-state index is 0.289. The number of halogens is 1. The van der Waals surface area contributed by atoms with Crippen LogP contribution in [-0.2, 0) is 0 Å². The molecule has 0 amide bonds. The van der Waals surface area contributed by atoms with Crippen LogP contribution in [0.25, 0.3) is 0 Å². The smallest absolute Gasteiger partial charge is 0.0596 e. The Morgan fingerprint density at radius 2 is 2.00 bits per heavy atom. The summed E-state index contributed by atoms with van der Waals surface area (Å²) in [4.78, 5) is 0. The van der Waals surface area contributed by atoms with Crippen LogP contribution in [-0.4, -0.2) is 6.54 Å². The average molecular weight is 310 g/mol.